The summed E-state index contributed by atoms with van der Waals surface area (Å²) in [5.41, 5.74) is 4.41. The van der Waals surface area contributed by atoms with Gasteiger partial charge in [0.15, 0.2) is 0 Å². The molecule has 1 heterocycles. The number of aryl methyl sites for hydroxylation is 3. The van der Waals surface area contributed by atoms with Gasteiger partial charge < -0.3 is 9.64 Å². The summed E-state index contributed by atoms with van der Waals surface area (Å²) in [5.74, 6) is 0.630. The first kappa shape index (κ1) is 19.4. The van der Waals surface area contributed by atoms with Gasteiger partial charge >= 0.3 is 0 Å². The fraction of sp³-hybridized carbons (Fsp3) is 0.400. The number of halogens is 1. The number of aromatic nitrogens is 1. The third kappa shape index (κ3) is 5.85. The fourth-order valence-electron chi connectivity index (χ4n) is 2.35. The Morgan fingerprint density at radius 2 is 2.04 bits per heavy atom. The molecule has 1 aromatic heterocycles. The van der Waals surface area contributed by atoms with Crippen LogP contribution in [0.25, 0.3) is 0 Å². The van der Waals surface area contributed by atoms with Crippen LogP contribution in [0.15, 0.2) is 39.8 Å². The Balaban J connectivity index is 1.93. The van der Waals surface area contributed by atoms with Crippen LogP contribution in [0.4, 0.5) is 5.69 Å². The van der Waals surface area contributed by atoms with Gasteiger partial charge in [-0.1, -0.05) is 24.3 Å². The van der Waals surface area contributed by atoms with E-state index < -0.39 is 0 Å². The van der Waals surface area contributed by atoms with Gasteiger partial charge in [0.2, 0.25) is 5.88 Å². The van der Waals surface area contributed by atoms with E-state index in [0.29, 0.717) is 12.5 Å². The van der Waals surface area contributed by atoms with Crippen LogP contribution in [-0.2, 0) is 6.42 Å². The molecule has 0 saturated carbocycles. The van der Waals surface area contributed by atoms with Crippen LogP contribution in [0.3, 0.4) is 0 Å². The molecule has 25 heavy (non-hydrogen) atoms. The highest BCUT2D eigenvalue weighted by atomic mass is 79.9. The largest absolute Gasteiger partial charge is 0.477 e. The maximum Gasteiger partial charge on any atom is 0.228 e. The second-order valence-corrected chi connectivity index (χ2v) is 6.93. The predicted molar refractivity (Wildman–Crippen MR) is 108 cm³/mol. The van der Waals surface area contributed by atoms with Crippen LogP contribution >= 0.6 is 15.9 Å². The summed E-state index contributed by atoms with van der Waals surface area (Å²) in [5, 5.41) is 0. The summed E-state index contributed by atoms with van der Waals surface area (Å²) in [6, 6.07) is 10.4. The molecule has 0 fully saturated rings. The smallest absolute Gasteiger partial charge is 0.228 e. The number of hydrogen-bond donors (Lipinski definition) is 0. The van der Waals surface area contributed by atoms with Gasteiger partial charge in [0.1, 0.15) is 0 Å². The van der Waals surface area contributed by atoms with Gasteiger partial charge in [-0.15, -0.1) is 0 Å². The number of aliphatic imine (C=N–C) groups is 1. The predicted octanol–water partition coefficient (Wildman–Crippen LogP) is 5.08. The highest BCUT2D eigenvalue weighted by Gasteiger charge is 2.08. The van der Waals surface area contributed by atoms with E-state index in [2.05, 4.69) is 64.0 Å². The van der Waals surface area contributed by atoms with Gasteiger partial charge in [-0.25, -0.2) is 9.98 Å². The maximum atomic E-state index is 5.86. The summed E-state index contributed by atoms with van der Waals surface area (Å²) in [6.07, 6.45) is 3.79. The molecular formula is C20H26BrN3O. The van der Waals surface area contributed by atoms with Crippen LogP contribution in [-0.4, -0.2) is 36.4 Å². The zero-order chi connectivity index (χ0) is 18.2. The Labute approximate surface area is 159 Å². The summed E-state index contributed by atoms with van der Waals surface area (Å²) in [4.78, 5) is 11.0. The first-order valence-electron chi connectivity index (χ1n) is 8.60. The monoisotopic (exact) mass is 403 g/mol. The van der Waals surface area contributed by atoms with Crippen molar-refractivity contribution in [3.05, 3.63) is 51.6 Å². The zero-order valence-electron chi connectivity index (χ0n) is 15.4. The van der Waals surface area contributed by atoms with Crippen molar-refractivity contribution in [2.45, 2.75) is 33.6 Å². The molecule has 5 heteroatoms. The lowest BCUT2D eigenvalue weighted by Gasteiger charge is -2.11. The third-order valence-electron chi connectivity index (χ3n) is 4.09. The molecule has 0 aliphatic carbocycles. The Hall–Kier alpha value is -1.88. The summed E-state index contributed by atoms with van der Waals surface area (Å²) < 4.78 is 6.69. The Morgan fingerprint density at radius 3 is 2.76 bits per heavy atom. The fourth-order valence-corrected chi connectivity index (χ4v) is 2.77. The van der Waals surface area contributed by atoms with E-state index in [4.69, 9.17) is 4.74 Å². The molecule has 0 spiro atoms. The van der Waals surface area contributed by atoms with Gasteiger partial charge in [0, 0.05) is 13.6 Å². The van der Waals surface area contributed by atoms with Crippen LogP contribution < -0.4 is 4.74 Å². The van der Waals surface area contributed by atoms with Gasteiger partial charge in [-0.3, -0.25) is 0 Å². The number of ether oxygens (including phenoxy) is 1. The molecule has 134 valence electrons. The minimum atomic E-state index is 0.630. The molecule has 0 N–H and O–H groups in total. The first-order chi connectivity index (χ1) is 12.0. The Bertz CT molecular complexity index is 731. The molecule has 0 atom stereocenters. The molecule has 2 rings (SSSR count). The van der Waals surface area contributed by atoms with E-state index in [1.807, 2.05) is 31.3 Å². The van der Waals surface area contributed by atoms with Gasteiger partial charge in [-0.2, -0.15) is 0 Å². The molecule has 0 bridgehead atoms. The number of benzene rings is 1. The van der Waals surface area contributed by atoms with E-state index in [-0.39, 0.29) is 0 Å². The van der Waals surface area contributed by atoms with E-state index in [1.165, 1.54) is 11.1 Å². The molecule has 2 aromatic rings. The second kappa shape index (κ2) is 9.56. The van der Waals surface area contributed by atoms with Crippen molar-refractivity contribution in [1.29, 1.82) is 0 Å². The van der Waals surface area contributed by atoms with Crippen molar-refractivity contribution >= 4 is 28.0 Å². The van der Waals surface area contributed by atoms with E-state index in [9.17, 15) is 0 Å². The Kier molecular flexibility index (Phi) is 7.44. The summed E-state index contributed by atoms with van der Waals surface area (Å²) >= 11 is 3.54. The molecule has 4 nitrogen and oxygen atoms in total. The minimum Gasteiger partial charge on any atom is -0.477 e. The molecule has 1 aromatic carbocycles. The molecule has 0 aliphatic heterocycles. The van der Waals surface area contributed by atoms with E-state index in [1.54, 1.807) is 0 Å². The van der Waals surface area contributed by atoms with Gasteiger partial charge in [-0.05, 0) is 66.7 Å². The quantitative estimate of drug-likeness (QED) is 0.350. The van der Waals surface area contributed by atoms with Crippen LogP contribution in [0, 0.1) is 13.8 Å². The van der Waals surface area contributed by atoms with E-state index >= 15 is 0 Å². The molecule has 0 amide bonds. The zero-order valence-corrected chi connectivity index (χ0v) is 17.0. The standard InChI is InChI=1S/C20H26BrN3O/c1-5-24(4)14-22-19-13-18(21)20(23-16(19)3)25-12-8-11-17-10-7-6-9-15(17)2/h6-7,9-10,13-14H,5,8,11-12H2,1-4H3. The lowest BCUT2D eigenvalue weighted by atomic mass is 10.0. The van der Waals surface area contributed by atoms with E-state index in [0.717, 1.165) is 35.2 Å². The molecular weight excluding hydrogens is 378 g/mol. The van der Waals surface area contributed by atoms with Crippen molar-refractivity contribution in [3.63, 3.8) is 0 Å². The number of nitrogens with zero attached hydrogens (tertiary/aromatic N) is 3. The van der Waals surface area contributed by atoms with Gasteiger partial charge in [0.25, 0.3) is 0 Å². The minimum absolute atomic E-state index is 0.630. The topological polar surface area (TPSA) is 37.7 Å². The first-order valence-corrected chi connectivity index (χ1v) is 9.39. The highest BCUT2D eigenvalue weighted by molar-refractivity contribution is 9.10. The van der Waals surface area contributed by atoms with Crippen molar-refractivity contribution in [3.8, 4) is 5.88 Å². The summed E-state index contributed by atoms with van der Waals surface area (Å²) in [7, 11) is 1.99. The van der Waals surface area contributed by atoms with Gasteiger partial charge in [0.05, 0.1) is 28.8 Å². The van der Waals surface area contributed by atoms with Crippen LogP contribution in [0.5, 0.6) is 5.88 Å². The number of pyridine rings is 1. The lowest BCUT2D eigenvalue weighted by Crippen LogP contribution is -2.14. The van der Waals surface area contributed by atoms with Crippen molar-refractivity contribution in [2.24, 2.45) is 4.99 Å². The average Bonchev–Trinajstić information content (AvgIpc) is 2.61. The van der Waals surface area contributed by atoms with Crippen molar-refractivity contribution in [2.75, 3.05) is 20.2 Å². The summed E-state index contributed by atoms with van der Waals surface area (Å²) in [6.45, 7) is 7.73. The van der Waals surface area contributed by atoms with Crippen LogP contribution in [0.1, 0.15) is 30.2 Å². The number of hydrogen-bond acceptors (Lipinski definition) is 3. The maximum absolute atomic E-state index is 5.86. The molecule has 0 radical (unpaired) electrons. The van der Waals surface area contributed by atoms with Crippen molar-refractivity contribution < 1.29 is 4.74 Å². The molecule has 0 unspecified atom stereocenters. The molecule has 0 saturated heterocycles. The number of rotatable bonds is 8. The average molecular weight is 404 g/mol. The SMILES string of the molecule is CCN(C)C=Nc1cc(Br)c(OCCCc2ccccc2C)nc1C. The van der Waals surface area contributed by atoms with Crippen molar-refractivity contribution in [1.82, 2.24) is 9.88 Å². The Morgan fingerprint density at radius 1 is 1.28 bits per heavy atom. The second-order valence-electron chi connectivity index (χ2n) is 6.08. The van der Waals surface area contributed by atoms with Crippen LogP contribution in [0.2, 0.25) is 0 Å². The lowest BCUT2D eigenvalue weighted by molar-refractivity contribution is 0.297. The third-order valence-corrected chi connectivity index (χ3v) is 4.66. The normalized spacial score (nSPS) is 11.1. The molecule has 0 aliphatic rings. The highest BCUT2D eigenvalue weighted by Crippen LogP contribution is 2.29.